The minimum Gasteiger partial charge on any atom is -0.423 e. The molecular formula is C18H23ClFNO2. The lowest BCUT2D eigenvalue weighted by Crippen LogP contribution is -2.58. The van der Waals surface area contributed by atoms with Crippen LogP contribution in [0.2, 0.25) is 0 Å². The number of carbonyl (C=O) groups is 1. The van der Waals surface area contributed by atoms with E-state index < -0.39 is 5.82 Å². The van der Waals surface area contributed by atoms with Gasteiger partial charge >= 0.3 is 5.97 Å². The molecule has 1 atom stereocenters. The fourth-order valence-electron chi connectivity index (χ4n) is 4.60. The summed E-state index contributed by atoms with van der Waals surface area (Å²) < 4.78 is 19.2. The van der Waals surface area contributed by atoms with Crippen LogP contribution in [0, 0.1) is 23.1 Å². The number of esters is 1. The third-order valence-corrected chi connectivity index (χ3v) is 6.06. The molecule has 3 nitrogen and oxygen atoms in total. The van der Waals surface area contributed by atoms with Crippen molar-refractivity contribution in [1.29, 1.82) is 0 Å². The Hall–Kier alpha value is -1.13. The summed E-state index contributed by atoms with van der Waals surface area (Å²) in [6, 6.07) is 6.19. The number of nitrogens with zero attached hydrogens (tertiary/aromatic N) is 1. The topological polar surface area (TPSA) is 29.5 Å². The van der Waals surface area contributed by atoms with Gasteiger partial charge in [-0.2, -0.15) is 0 Å². The van der Waals surface area contributed by atoms with Gasteiger partial charge in [0.25, 0.3) is 0 Å². The predicted molar refractivity (Wildman–Crippen MR) is 88.2 cm³/mol. The Labute approximate surface area is 142 Å². The summed E-state index contributed by atoms with van der Waals surface area (Å²) in [4.78, 5) is 15.3. The molecule has 4 fully saturated rings. The highest BCUT2D eigenvalue weighted by molar-refractivity contribution is 5.85. The van der Waals surface area contributed by atoms with Crippen LogP contribution in [0.5, 0.6) is 5.75 Å². The number of para-hydroxylation sites is 1. The first-order valence-electron chi connectivity index (χ1n) is 8.38. The lowest BCUT2D eigenvalue weighted by atomic mass is 9.55. The minimum absolute atomic E-state index is 0. The molecule has 5 rings (SSSR count). The van der Waals surface area contributed by atoms with Gasteiger partial charge in [0.05, 0.1) is 5.41 Å². The molecule has 1 aliphatic carbocycles. The molecule has 2 bridgehead atoms. The van der Waals surface area contributed by atoms with Crippen LogP contribution < -0.4 is 4.74 Å². The number of carbonyl (C=O) groups excluding carboxylic acids is 1. The average molecular weight is 340 g/mol. The summed E-state index contributed by atoms with van der Waals surface area (Å²) in [5.41, 5.74) is -0.369. The fraction of sp³-hybridized carbons (Fsp3) is 0.611. The molecule has 23 heavy (non-hydrogen) atoms. The van der Waals surface area contributed by atoms with Gasteiger partial charge < -0.3 is 9.64 Å². The number of benzene rings is 1. The molecule has 1 aromatic carbocycles. The molecule has 4 aliphatic rings. The van der Waals surface area contributed by atoms with Crippen molar-refractivity contribution in [1.82, 2.24) is 4.90 Å². The van der Waals surface area contributed by atoms with Crippen LogP contribution in [0.4, 0.5) is 4.39 Å². The highest BCUT2D eigenvalue weighted by Crippen LogP contribution is 2.54. The highest BCUT2D eigenvalue weighted by atomic mass is 35.5. The number of piperidine rings is 3. The zero-order chi connectivity index (χ0) is 15.2. The van der Waals surface area contributed by atoms with Crippen LogP contribution in [-0.2, 0) is 4.79 Å². The zero-order valence-corrected chi connectivity index (χ0v) is 14.0. The highest BCUT2D eigenvalue weighted by Gasteiger charge is 2.56. The van der Waals surface area contributed by atoms with Gasteiger partial charge in [0.2, 0.25) is 0 Å². The second-order valence-electron chi connectivity index (χ2n) is 7.07. The summed E-state index contributed by atoms with van der Waals surface area (Å²) in [6.45, 7) is 3.34. The maximum absolute atomic E-state index is 13.8. The molecule has 126 valence electrons. The summed E-state index contributed by atoms with van der Waals surface area (Å²) in [5.74, 6) is 0.434. The van der Waals surface area contributed by atoms with Crippen LogP contribution in [0.25, 0.3) is 0 Å². The van der Waals surface area contributed by atoms with E-state index in [9.17, 15) is 9.18 Å². The quantitative estimate of drug-likeness (QED) is 0.621. The van der Waals surface area contributed by atoms with Crippen molar-refractivity contribution >= 4 is 18.4 Å². The first-order chi connectivity index (χ1) is 10.7. The van der Waals surface area contributed by atoms with Gasteiger partial charge in [-0.3, -0.25) is 4.79 Å². The molecule has 0 aromatic heterocycles. The maximum Gasteiger partial charge on any atom is 0.317 e. The Morgan fingerprint density at radius 3 is 2.43 bits per heavy atom. The van der Waals surface area contributed by atoms with E-state index in [1.807, 2.05) is 0 Å². The van der Waals surface area contributed by atoms with Crippen molar-refractivity contribution in [3.8, 4) is 5.75 Å². The molecule has 1 aromatic rings. The van der Waals surface area contributed by atoms with Gasteiger partial charge in [-0.1, -0.05) is 18.6 Å². The molecule has 1 unspecified atom stereocenters. The third kappa shape index (κ3) is 2.76. The lowest BCUT2D eigenvalue weighted by Gasteiger charge is -2.55. The Balaban J connectivity index is 0.00000156. The number of hydrogen-bond acceptors (Lipinski definition) is 3. The summed E-state index contributed by atoms with van der Waals surface area (Å²) >= 11 is 0. The Bertz CT molecular complexity index is 582. The van der Waals surface area contributed by atoms with Crippen molar-refractivity contribution in [2.75, 3.05) is 19.6 Å². The molecular weight excluding hydrogens is 317 g/mol. The van der Waals surface area contributed by atoms with Gasteiger partial charge in [-0.15, -0.1) is 12.4 Å². The third-order valence-electron chi connectivity index (χ3n) is 6.06. The molecule has 5 heteroatoms. The molecule has 3 heterocycles. The summed E-state index contributed by atoms with van der Waals surface area (Å²) in [5, 5.41) is 0. The van der Waals surface area contributed by atoms with E-state index in [0.29, 0.717) is 11.8 Å². The molecule has 0 amide bonds. The predicted octanol–water partition coefficient (Wildman–Crippen LogP) is 3.67. The second kappa shape index (κ2) is 6.40. The van der Waals surface area contributed by atoms with Gasteiger partial charge in [-0.25, -0.2) is 4.39 Å². The Kier molecular flexibility index (Phi) is 4.65. The first-order valence-corrected chi connectivity index (χ1v) is 8.38. The van der Waals surface area contributed by atoms with Gasteiger partial charge in [0.1, 0.15) is 0 Å². The van der Waals surface area contributed by atoms with Gasteiger partial charge in [0.15, 0.2) is 11.6 Å². The molecule has 1 saturated carbocycles. The van der Waals surface area contributed by atoms with Crippen molar-refractivity contribution in [3.05, 3.63) is 30.1 Å². The van der Waals surface area contributed by atoms with E-state index in [0.717, 1.165) is 25.8 Å². The van der Waals surface area contributed by atoms with E-state index in [1.54, 1.807) is 12.1 Å². The normalized spacial score (nSPS) is 30.9. The van der Waals surface area contributed by atoms with Crippen molar-refractivity contribution in [2.24, 2.45) is 17.3 Å². The van der Waals surface area contributed by atoms with Crippen LogP contribution in [0.1, 0.15) is 32.1 Å². The number of ether oxygens (including phenoxy) is 1. The fourth-order valence-corrected chi connectivity index (χ4v) is 4.60. The molecule has 0 spiro atoms. The van der Waals surface area contributed by atoms with Gasteiger partial charge in [0, 0.05) is 6.54 Å². The Morgan fingerprint density at radius 2 is 1.91 bits per heavy atom. The summed E-state index contributed by atoms with van der Waals surface area (Å²) in [7, 11) is 0. The number of hydrogen-bond donors (Lipinski definition) is 0. The van der Waals surface area contributed by atoms with E-state index in [1.165, 1.54) is 38.1 Å². The number of rotatable bonds is 3. The SMILES string of the molecule is Cl.O=C(Oc1ccccc1F)C1(C2CN3CCC2CC3)CCC1. The lowest BCUT2D eigenvalue weighted by molar-refractivity contribution is -0.165. The molecule has 0 N–H and O–H groups in total. The van der Waals surface area contributed by atoms with Crippen LogP contribution in [0.15, 0.2) is 24.3 Å². The molecule has 3 saturated heterocycles. The van der Waals surface area contributed by atoms with E-state index >= 15 is 0 Å². The van der Waals surface area contributed by atoms with Crippen molar-refractivity contribution in [3.63, 3.8) is 0 Å². The van der Waals surface area contributed by atoms with Crippen LogP contribution >= 0.6 is 12.4 Å². The van der Waals surface area contributed by atoms with E-state index in [-0.39, 0.29) is 29.5 Å². The maximum atomic E-state index is 13.8. The van der Waals surface area contributed by atoms with Crippen LogP contribution in [0.3, 0.4) is 0 Å². The van der Waals surface area contributed by atoms with Crippen LogP contribution in [-0.4, -0.2) is 30.5 Å². The zero-order valence-electron chi connectivity index (χ0n) is 13.2. The Morgan fingerprint density at radius 1 is 1.22 bits per heavy atom. The summed E-state index contributed by atoms with van der Waals surface area (Å²) in [6.07, 6.45) is 5.26. The van der Waals surface area contributed by atoms with Gasteiger partial charge in [-0.05, 0) is 62.7 Å². The average Bonchev–Trinajstić information content (AvgIpc) is 2.50. The second-order valence-corrected chi connectivity index (χ2v) is 7.07. The molecule has 3 aliphatic heterocycles. The van der Waals surface area contributed by atoms with Crippen molar-refractivity contribution < 1.29 is 13.9 Å². The largest absolute Gasteiger partial charge is 0.423 e. The first kappa shape index (κ1) is 16.7. The molecule has 0 radical (unpaired) electrons. The van der Waals surface area contributed by atoms with E-state index in [4.69, 9.17) is 4.74 Å². The standard InChI is InChI=1S/C18H22FNO2.ClH/c19-15-4-1-2-5-16(15)22-17(21)18(8-3-9-18)14-12-20-10-6-13(14)7-11-20;/h1-2,4-5,13-14H,3,6-12H2;1H. The smallest absolute Gasteiger partial charge is 0.317 e. The monoisotopic (exact) mass is 339 g/mol. The minimum atomic E-state index is -0.459. The number of halogens is 2. The number of fused-ring (bicyclic) bond motifs is 3. The van der Waals surface area contributed by atoms with E-state index in [2.05, 4.69) is 4.90 Å². The van der Waals surface area contributed by atoms with Crippen molar-refractivity contribution in [2.45, 2.75) is 32.1 Å².